The number of nitrogens with zero attached hydrogens (tertiary/aromatic N) is 2. The summed E-state index contributed by atoms with van der Waals surface area (Å²) in [6.45, 7) is -0.0714. The number of fused-ring (bicyclic) bond motifs is 3. The smallest absolute Gasteiger partial charge is 0.419 e. The molecule has 1 aliphatic rings. The molecule has 9 heteroatoms. The van der Waals surface area contributed by atoms with Gasteiger partial charge in [-0.3, -0.25) is 14.8 Å². The number of alkyl halides is 3. The zero-order valence-corrected chi connectivity index (χ0v) is 16.1. The van der Waals surface area contributed by atoms with Crippen LogP contribution in [0.3, 0.4) is 0 Å². The Bertz CT molecular complexity index is 1180. The van der Waals surface area contributed by atoms with Crippen molar-refractivity contribution in [2.45, 2.75) is 11.6 Å². The quantitative estimate of drug-likeness (QED) is 0.476. The summed E-state index contributed by atoms with van der Waals surface area (Å²) in [6, 6.07) is 11.4. The fourth-order valence-electron chi connectivity index (χ4n) is 3.72. The first-order valence-electron chi connectivity index (χ1n) is 9.04. The van der Waals surface area contributed by atoms with Crippen molar-refractivity contribution < 1.29 is 32.2 Å². The molecule has 0 aliphatic carbocycles. The number of halogens is 3. The normalized spacial score (nSPS) is 16.1. The number of methoxy groups -OCH3 is 2. The number of aliphatic imine (C=N–C) groups is 1. The van der Waals surface area contributed by atoms with Crippen molar-refractivity contribution in [3.8, 4) is 5.75 Å². The molecule has 6 nitrogen and oxygen atoms in total. The zero-order valence-electron chi connectivity index (χ0n) is 16.1. The topological polar surface area (TPSA) is 70.0 Å². The largest absolute Gasteiger partial charge is 0.497 e. The highest BCUT2D eigenvalue weighted by molar-refractivity contribution is 6.16. The minimum Gasteiger partial charge on any atom is -0.497 e. The summed E-state index contributed by atoms with van der Waals surface area (Å²) in [4.78, 5) is 21.0. The monoisotopic (exact) mass is 418 g/mol. The van der Waals surface area contributed by atoms with Gasteiger partial charge in [-0.1, -0.05) is 18.2 Å². The Morgan fingerprint density at radius 3 is 2.47 bits per heavy atom. The molecule has 30 heavy (non-hydrogen) atoms. The molecular formula is C21H17F3N2O4. The first kappa shape index (κ1) is 19.9. The van der Waals surface area contributed by atoms with Crippen molar-refractivity contribution in [3.05, 3.63) is 48.2 Å². The summed E-state index contributed by atoms with van der Waals surface area (Å²) >= 11 is 0. The van der Waals surface area contributed by atoms with Gasteiger partial charge in [0, 0.05) is 10.8 Å². The average Bonchev–Trinajstić information content (AvgIpc) is 3.27. The highest BCUT2D eigenvalue weighted by Crippen LogP contribution is 2.47. The van der Waals surface area contributed by atoms with Gasteiger partial charge in [-0.05, 0) is 29.7 Å². The van der Waals surface area contributed by atoms with Crippen LogP contribution in [-0.4, -0.2) is 50.4 Å². The molecule has 1 atom stereocenters. The number of ether oxygens (including phenoxy) is 3. The Labute approximate surface area is 169 Å². The number of aromatic nitrogens is 1. The van der Waals surface area contributed by atoms with E-state index in [0.29, 0.717) is 22.0 Å². The Morgan fingerprint density at radius 2 is 1.83 bits per heavy atom. The molecule has 2 heterocycles. The van der Waals surface area contributed by atoms with Gasteiger partial charge >= 0.3 is 12.1 Å². The second-order valence-corrected chi connectivity index (χ2v) is 6.66. The fourth-order valence-corrected chi connectivity index (χ4v) is 3.72. The number of carbonyl (C=O) groups is 1. The highest BCUT2D eigenvalue weighted by atomic mass is 19.4. The molecule has 3 aromatic rings. The van der Waals surface area contributed by atoms with Gasteiger partial charge in [0.05, 0.1) is 32.0 Å². The lowest BCUT2D eigenvalue weighted by atomic mass is 9.79. The number of pyridine rings is 1. The fraction of sp³-hybridized carbons (Fsp3) is 0.286. The molecule has 0 saturated heterocycles. The van der Waals surface area contributed by atoms with E-state index in [9.17, 15) is 18.0 Å². The van der Waals surface area contributed by atoms with Crippen LogP contribution in [0.25, 0.3) is 21.7 Å². The number of benzene rings is 2. The van der Waals surface area contributed by atoms with Crippen molar-refractivity contribution in [1.29, 1.82) is 0 Å². The van der Waals surface area contributed by atoms with E-state index in [1.54, 1.807) is 36.4 Å². The summed E-state index contributed by atoms with van der Waals surface area (Å²) < 4.78 is 59.2. The van der Waals surface area contributed by atoms with E-state index >= 15 is 0 Å². The third kappa shape index (κ3) is 2.76. The molecule has 0 saturated carbocycles. The predicted molar refractivity (Wildman–Crippen MR) is 104 cm³/mol. The number of hydrogen-bond donors (Lipinski definition) is 0. The van der Waals surface area contributed by atoms with Gasteiger partial charge in [-0.15, -0.1) is 0 Å². The van der Waals surface area contributed by atoms with Gasteiger partial charge in [0.15, 0.2) is 0 Å². The maximum absolute atomic E-state index is 14.7. The number of carbonyl (C=O) groups excluding carboxylic acids is 1. The van der Waals surface area contributed by atoms with Crippen LogP contribution in [-0.2, 0) is 19.7 Å². The SMILES string of the molecule is COC(=O)C(C1=NCCO1)(c1nc2ccccc2c2ccc(OC)cc12)C(F)(F)F. The number of hydrogen-bond acceptors (Lipinski definition) is 6. The number of rotatable bonds is 4. The third-order valence-corrected chi connectivity index (χ3v) is 5.09. The molecule has 0 spiro atoms. The molecule has 0 amide bonds. The first-order chi connectivity index (χ1) is 14.3. The minimum absolute atomic E-state index is 0.000999. The zero-order chi connectivity index (χ0) is 21.5. The molecule has 1 aromatic heterocycles. The van der Waals surface area contributed by atoms with Crippen molar-refractivity contribution >= 4 is 33.5 Å². The second-order valence-electron chi connectivity index (χ2n) is 6.66. The van der Waals surface area contributed by atoms with Crippen LogP contribution in [0.2, 0.25) is 0 Å². The summed E-state index contributed by atoms with van der Waals surface area (Å²) in [5.41, 5.74) is -3.58. The molecule has 156 valence electrons. The van der Waals surface area contributed by atoms with Crippen LogP contribution in [0.5, 0.6) is 5.75 Å². The van der Waals surface area contributed by atoms with Gasteiger partial charge < -0.3 is 14.2 Å². The van der Waals surface area contributed by atoms with Gasteiger partial charge in [0.25, 0.3) is 5.41 Å². The molecule has 0 N–H and O–H groups in total. The van der Waals surface area contributed by atoms with Crippen molar-refractivity contribution in [1.82, 2.24) is 4.98 Å². The van der Waals surface area contributed by atoms with E-state index in [4.69, 9.17) is 9.47 Å². The van der Waals surface area contributed by atoms with Gasteiger partial charge in [-0.2, -0.15) is 13.2 Å². The van der Waals surface area contributed by atoms with Crippen LogP contribution < -0.4 is 4.74 Å². The molecule has 0 fully saturated rings. The van der Waals surface area contributed by atoms with Gasteiger partial charge in [0.1, 0.15) is 12.4 Å². The van der Waals surface area contributed by atoms with Crippen LogP contribution in [0.4, 0.5) is 13.2 Å². The number of esters is 1. The number of para-hydroxylation sites is 1. The summed E-state index contributed by atoms with van der Waals surface area (Å²) in [6.07, 6.45) is -5.13. The Balaban J connectivity index is 2.22. The lowest BCUT2D eigenvalue weighted by molar-refractivity contribution is -0.195. The van der Waals surface area contributed by atoms with E-state index in [0.717, 1.165) is 7.11 Å². The Hall–Kier alpha value is -3.36. The Kier molecular flexibility index (Phi) is 4.76. The van der Waals surface area contributed by atoms with E-state index < -0.39 is 29.2 Å². The second kappa shape index (κ2) is 7.16. The molecule has 0 radical (unpaired) electrons. The standard InChI is InChI=1S/C21H17F3N2O4/c1-28-12-7-8-13-14-5-3-4-6-16(14)26-17(15(13)11-12)20(19(27)29-2,21(22,23)24)18-25-9-10-30-18/h3-8,11H,9-10H2,1-2H3. The molecule has 2 aromatic carbocycles. The van der Waals surface area contributed by atoms with Gasteiger partial charge in [0.2, 0.25) is 5.90 Å². The van der Waals surface area contributed by atoms with Gasteiger partial charge in [-0.25, -0.2) is 0 Å². The minimum atomic E-state index is -5.13. The molecule has 0 bridgehead atoms. The van der Waals surface area contributed by atoms with Crippen LogP contribution in [0.1, 0.15) is 5.69 Å². The van der Waals surface area contributed by atoms with Crippen LogP contribution in [0, 0.1) is 0 Å². The summed E-state index contributed by atoms with van der Waals surface area (Å²) in [7, 11) is 2.29. The summed E-state index contributed by atoms with van der Waals surface area (Å²) in [5.74, 6) is -2.02. The molecule has 1 aliphatic heterocycles. The van der Waals surface area contributed by atoms with Crippen molar-refractivity contribution in [3.63, 3.8) is 0 Å². The maximum Gasteiger partial charge on any atom is 0.419 e. The van der Waals surface area contributed by atoms with E-state index in [1.165, 1.54) is 13.2 Å². The van der Waals surface area contributed by atoms with E-state index in [1.807, 2.05) is 0 Å². The van der Waals surface area contributed by atoms with Crippen molar-refractivity contribution in [2.75, 3.05) is 27.4 Å². The highest BCUT2D eigenvalue weighted by Gasteiger charge is 2.70. The summed E-state index contributed by atoms with van der Waals surface area (Å²) in [5, 5.41) is 1.20. The third-order valence-electron chi connectivity index (χ3n) is 5.09. The lowest BCUT2D eigenvalue weighted by Gasteiger charge is -2.32. The maximum atomic E-state index is 14.7. The van der Waals surface area contributed by atoms with Crippen molar-refractivity contribution in [2.24, 2.45) is 4.99 Å². The molecular weight excluding hydrogens is 401 g/mol. The van der Waals surface area contributed by atoms with Crippen LogP contribution >= 0.6 is 0 Å². The average molecular weight is 418 g/mol. The lowest BCUT2D eigenvalue weighted by Crippen LogP contribution is -2.56. The van der Waals surface area contributed by atoms with Crippen LogP contribution in [0.15, 0.2) is 47.5 Å². The van der Waals surface area contributed by atoms with E-state index in [-0.39, 0.29) is 18.5 Å². The Morgan fingerprint density at radius 1 is 1.07 bits per heavy atom. The van der Waals surface area contributed by atoms with E-state index in [2.05, 4.69) is 14.7 Å². The molecule has 1 unspecified atom stereocenters. The molecule has 4 rings (SSSR count). The first-order valence-corrected chi connectivity index (χ1v) is 9.04. The predicted octanol–water partition coefficient (Wildman–Crippen LogP) is 3.80.